The average molecular weight is 237 g/mol. The lowest BCUT2D eigenvalue weighted by atomic mass is 10.2. The Hall–Kier alpha value is -1.48. The van der Waals surface area contributed by atoms with E-state index in [2.05, 4.69) is 17.2 Å². The van der Waals surface area contributed by atoms with Crippen LogP contribution in [0.15, 0.2) is 41.1 Å². The zero-order valence-electron chi connectivity index (χ0n) is 8.98. The molecule has 0 spiro atoms. The first kappa shape index (κ1) is 11.0. The number of rotatable bonds is 4. The molecule has 2 heterocycles. The smallest absolute Gasteiger partial charge is 0.126 e. The van der Waals surface area contributed by atoms with E-state index in [1.807, 2.05) is 24.3 Å². The number of nitrogens with one attached hydrogen (secondary N) is 1. The van der Waals surface area contributed by atoms with E-state index in [0.717, 1.165) is 18.0 Å². The number of hydrogen-bond donors (Lipinski definition) is 1. The summed E-state index contributed by atoms with van der Waals surface area (Å²) < 4.78 is 5.28. The molecule has 0 saturated heterocycles. The summed E-state index contributed by atoms with van der Waals surface area (Å²) in [5, 5.41) is 3.92. The molecule has 84 valence electrons. The first-order valence-electron chi connectivity index (χ1n) is 5.14. The van der Waals surface area contributed by atoms with Crippen molar-refractivity contribution in [2.45, 2.75) is 19.4 Å². The van der Waals surface area contributed by atoms with Crippen molar-refractivity contribution in [3.63, 3.8) is 0 Å². The van der Waals surface area contributed by atoms with Crippen molar-refractivity contribution in [1.29, 1.82) is 0 Å². The molecule has 0 aliphatic heterocycles. The summed E-state index contributed by atoms with van der Waals surface area (Å²) >= 11 is 5.76. The predicted molar refractivity (Wildman–Crippen MR) is 64.7 cm³/mol. The van der Waals surface area contributed by atoms with E-state index in [4.69, 9.17) is 16.0 Å². The number of anilines is 1. The Balaban J connectivity index is 1.92. The second-order valence-corrected chi connectivity index (χ2v) is 4.13. The molecule has 16 heavy (non-hydrogen) atoms. The molecular formula is C12H13ClN2O. The minimum Gasteiger partial charge on any atom is -0.469 e. The third kappa shape index (κ3) is 3.00. The summed E-state index contributed by atoms with van der Waals surface area (Å²) in [6.07, 6.45) is 4.14. The van der Waals surface area contributed by atoms with Crippen LogP contribution in [0.25, 0.3) is 0 Å². The van der Waals surface area contributed by atoms with Gasteiger partial charge in [-0.3, -0.25) is 0 Å². The zero-order valence-corrected chi connectivity index (χ0v) is 9.74. The Bertz CT molecular complexity index is 425. The lowest BCUT2D eigenvalue weighted by Crippen LogP contribution is -2.18. The van der Waals surface area contributed by atoms with Gasteiger partial charge >= 0.3 is 0 Å². The van der Waals surface area contributed by atoms with Crippen LogP contribution in [-0.2, 0) is 6.42 Å². The van der Waals surface area contributed by atoms with Crippen LogP contribution in [0, 0.1) is 0 Å². The number of aromatic nitrogens is 1. The van der Waals surface area contributed by atoms with Gasteiger partial charge in [0.25, 0.3) is 0 Å². The molecule has 2 rings (SSSR count). The second kappa shape index (κ2) is 5.03. The average Bonchev–Trinajstić information content (AvgIpc) is 2.74. The van der Waals surface area contributed by atoms with Crippen molar-refractivity contribution in [1.82, 2.24) is 4.98 Å². The van der Waals surface area contributed by atoms with Crippen LogP contribution in [0.4, 0.5) is 5.82 Å². The fourth-order valence-corrected chi connectivity index (χ4v) is 1.61. The quantitative estimate of drug-likeness (QED) is 0.885. The number of pyridine rings is 1. The molecule has 1 unspecified atom stereocenters. The van der Waals surface area contributed by atoms with Crippen LogP contribution in [0.1, 0.15) is 12.7 Å². The summed E-state index contributed by atoms with van der Waals surface area (Å²) in [5.74, 6) is 1.79. The number of halogens is 1. The van der Waals surface area contributed by atoms with Crippen molar-refractivity contribution >= 4 is 17.4 Å². The summed E-state index contributed by atoms with van der Waals surface area (Å²) in [6.45, 7) is 2.08. The highest BCUT2D eigenvalue weighted by atomic mass is 35.5. The molecule has 4 heteroatoms. The van der Waals surface area contributed by atoms with Gasteiger partial charge in [0.05, 0.1) is 11.3 Å². The van der Waals surface area contributed by atoms with Crippen LogP contribution in [0.2, 0.25) is 5.02 Å². The standard InChI is InChI=1S/C12H13ClN2O/c1-9(7-11-3-2-6-16-11)15-12-5-4-10(13)8-14-12/h2-6,8-9H,7H2,1H3,(H,14,15). The third-order valence-corrected chi connectivity index (χ3v) is 2.43. The van der Waals surface area contributed by atoms with Crippen molar-refractivity contribution in [3.8, 4) is 0 Å². The summed E-state index contributed by atoms with van der Waals surface area (Å²) in [7, 11) is 0. The lowest BCUT2D eigenvalue weighted by molar-refractivity contribution is 0.497. The number of hydrogen-bond acceptors (Lipinski definition) is 3. The molecule has 1 N–H and O–H groups in total. The molecular weight excluding hydrogens is 224 g/mol. The maximum absolute atomic E-state index is 5.76. The lowest BCUT2D eigenvalue weighted by Gasteiger charge is -2.12. The Morgan fingerprint density at radius 2 is 2.31 bits per heavy atom. The zero-order chi connectivity index (χ0) is 11.4. The maximum Gasteiger partial charge on any atom is 0.126 e. The van der Waals surface area contributed by atoms with Gasteiger partial charge in [-0.25, -0.2) is 4.98 Å². The van der Waals surface area contributed by atoms with Gasteiger partial charge in [-0.1, -0.05) is 11.6 Å². The van der Waals surface area contributed by atoms with Gasteiger partial charge in [-0.15, -0.1) is 0 Å². The summed E-state index contributed by atoms with van der Waals surface area (Å²) in [5.41, 5.74) is 0. The van der Waals surface area contributed by atoms with Gasteiger partial charge in [0.1, 0.15) is 11.6 Å². The summed E-state index contributed by atoms with van der Waals surface area (Å²) in [6, 6.07) is 7.80. The SMILES string of the molecule is CC(Cc1ccco1)Nc1ccc(Cl)cn1. The highest BCUT2D eigenvalue weighted by Crippen LogP contribution is 2.12. The Kier molecular flexibility index (Phi) is 3.47. The van der Waals surface area contributed by atoms with E-state index in [1.165, 1.54) is 0 Å². The van der Waals surface area contributed by atoms with Crippen LogP contribution >= 0.6 is 11.6 Å². The van der Waals surface area contributed by atoms with Gasteiger partial charge in [-0.2, -0.15) is 0 Å². The topological polar surface area (TPSA) is 38.1 Å². The molecule has 0 radical (unpaired) electrons. The second-order valence-electron chi connectivity index (χ2n) is 3.69. The molecule has 0 bridgehead atoms. The van der Waals surface area contributed by atoms with Crippen LogP contribution in [0.5, 0.6) is 0 Å². The molecule has 0 aliphatic rings. The minimum absolute atomic E-state index is 0.264. The monoisotopic (exact) mass is 236 g/mol. The van der Waals surface area contributed by atoms with E-state index in [0.29, 0.717) is 5.02 Å². The van der Waals surface area contributed by atoms with E-state index < -0.39 is 0 Å². The van der Waals surface area contributed by atoms with Crippen molar-refractivity contribution in [3.05, 3.63) is 47.5 Å². The van der Waals surface area contributed by atoms with Gasteiger partial charge < -0.3 is 9.73 Å². The molecule has 0 aromatic carbocycles. The molecule has 2 aromatic rings. The Morgan fingerprint density at radius 1 is 1.44 bits per heavy atom. The number of nitrogens with zero attached hydrogens (tertiary/aromatic N) is 1. The number of furan rings is 1. The molecule has 0 amide bonds. The van der Waals surface area contributed by atoms with Crippen LogP contribution < -0.4 is 5.32 Å². The Labute approximate surface area is 99.5 Å². The molecule has 0 fully saturated rings. The van der Waals surface area contributed by atoms with Crippen molar-refractivity contribution in [2.24, 2.45) is 0 Å². The van der Waals surface area contributed by atoms with Gasteiger partial charge in [0.2, 0.25) is 0 Å². The fourth-order valence-electron chi connectivity index (χ4n) is 1.50. The maximum atomic E-state index is 5.76. The third-order valence-electron chi connectivity index (χ3n) is 2.21. The molecule has 0 aliphatic carbocycles. The Morgan fingerprint density at radius 3 is 2.94 bits per heavy atom. The predicted octanol–water partition coefficient (Wildman–Crippen LogP) is 3.37. The van der Waals surface area contributed by atoms with E-state index in [1.54, 1.807) is 12.5 Å². The molecule has 0 saturated carbocycles. The minimum atomic E-state index is 0.264. The first-order valence-corrected chi connectivity index (χ1v) is 5.52. The summed E-state index contributed by atoms with van der Waals surface area (Å²) in [4.78, 5) is 4.17. The van der Waals surface area contributed by atoms with Crippen LogP contribution in [-0.4, -0.2) is 11.0 Å². The highest BCUT2D eigenvalue weighted by molar-refractivity contribution is 6.30. The van der Waals surface area contributed by atoms with E-state index in [9.17, 15) is 0 Å². The van der Waals surface area contributed by atoms with Crippen LogP contribution in [0.3, 0.4) is 0 Å². The van der Waals surface area contributed by atoms with Crippen molar-refractivity contribution in [2.75, 3.05) is 5.32 Å². The van der Waals surface area contributed by atoms with Crippen molar-refractivity contribution < 1.29 is 4.42 Å². The molecule has 2 aromatic heterocycles. The largest absolute Gasteiger partial charge is 0.469 e. The fraction of sp³-hybridized carbons (Fsp3) is 0.250. The molecule has 3 nitrogen and oxygen atoms in total. The highest BCUT2D eigenvalue weighted by Gasteiger charge is 2.05. The van der Waals surface area contributed by atoms with Gasteiger partial charge in [-0.05, 0) is 31.2 Å². The van der Waals surface area contributed by atoms with E-state index in [-0.39, 0.29) is 6.04 Å². The van der Waals surface area contributed by atoms with E-state index >= 15 is 0 Å². The first-order chi connectivity index (χ1) is 7.74. The van der Waals surface area contributed by atoms with Gasteiger partial charge in [0.15, 0.2) is 0 Å². The van der Waals surface area contributed by atoms with Gasteiger partial charge in [0, 0.05) is 18.7 Å². The molecule has 1 atom stereocenters. The normalized spacial score (nSPS) is 12.4.